The molecule has 0 saturated carbocycles. The van der Waals surface area contributed by atoms with E-state index in [9.17, 15) is 5.11 Å². The zero-order chi connectivity index (χ0) is 18.9. The molecule has 0 spiro atoms. The van der Waals surface area contributed by atoms with Gasteiger partial charge < -0.3 is 10.0 Å². The molecule has 6 heteroatoms. The van der Waals surface area contributed by atoms with E-state index in [1.165, 1.54) is 0 Å². The third kappa shape index (κ3) is 4.02. The van der Waals surface area contributed by atoms with Crippen molar-refractivity contribution >= 4 is 16.9 Å². The summed E-state index contributed by atoms with van der Waals surface area (Å²) in [4.78, 5) is 11.1. The van der Waals surface area contributed by atoms with Gasteiger partial charge in [0.2, 0.25) is 0 Å². The van der Waals surface area contributed by atoms with Crippen molar-refractivity contribution in [1.29, 1.82) is 0 Å². The molecule has 0 unspecified atom stereocenters. The zero-order valence-electron chi connectivity index (χ0n) is 16.1. The first-order valence-electron chi connectivity index (χ1n) is 8.86. The lowest BCUT2D eigenvalue weighted by Crippen LogP contribution is -2.39. The van der Waals surface area contributed by atoms with Crippen LogP contribution in [0.2, 0.25) is 0 Å². The van der Waals surface area contributed by atoms with Crippen LogP contribution in [0.15, 0.2) is 42.9 Å². The van der Waals surface area contributed by atoms with E-state index in [2.05, 4.69) is 52.9 Å². The highest BCUT2D eigenvalue weighted by atomic mass is 16.3. The fraction of sp³-hybridized carbons (Fsp3) is 0.450. The molecule has 3 aromatic rings. The van der Waals surface area contributed by atoms with Crippen molar-refractivity contribution in [1.82, 2.24) is 19.7 Å². The number of benzene rings is 1. The second kappa shape index (κ2) is 6.68. The van der Waals surface area contributed by atoms with Crippen LogP contribution in [0, 0.1) is 0 Å². The highest BCUT2D eigenvalue weighted by molar-refractivity contribution is 5.86. The van der Waals surface area contributed by atoms with Crippen LogP contribution in [0.1, 0.15) is 40.2 Å². The predicted molar refractivity (Wildman–Crippen MR) is 104 cm³/mol. The highest BCUT2D eigenvalue weighted by Crippen LogP contribution is 2.28. The smallest absolute Gasteiger partial charge is 0.163 e. The summed E-state index contributed by atoms with van der Waals surface area (Å²) in [5.74, 6) is 0.788. The van der Waals surface area contributed by atoms with Crippen LogP contribution in [0.25, 0.3) is 11.0 Å². The Kier molecular flexibility index (Phi) is 4.71. The van der Waals surface area contributed by atoms with Gasteiger partial charge in [-0.05, 0) is 40.2 Å². The molecule has 0 aliphatic rings. The van der Waals surface area contributed by atoms with Crippen LogP contribution < -0.4 is 4.90 Å². The van der Waals surface area contributed by atoms with E-state index in [-0.39, 0.29) is 5.54 Å². The summed E-state index contributed by atoms with van der Waals surface area (Å²) >= 11 is 0. The first-order chi connectivity index (χ1) is 12.1. The number of hydrogen-bond donors (Lipinski definition) is 1. The fourth-order valence-electron chi connectivity index (χ4n) is 3.05. The minimum Gasteiger partial charge on any atom is -0.389 e. The minimum absolute atomic E-state index is 0.173. The molecule has 3 rings (SSSR count). The first kappa shape index (κ1) is 18.3. The Morgan fingerprint density at radius 1 is 1.04 bits per heavy atom. The van der Waals surface area contributed by atoms with Crippen LogP contribution >= 0.6 is 0 Å². The third-order valence-electron chi connectivity index (χ3n) is 4.07. The van der Waals surface area contributed by atoms with Gasteiger partial charge in [0.25, 0.3) is 0 Å². The topological polar surface area (TPSA) is 67.1 Å². The third-order valence-corrected chi connectivity index (χ3v) is 4.07. The number of nitrogens with zero attached hydrogens (tertiary/aromatic N) is 5. The molecule has 2 aromatic heterocycles. The lowest BCUT2D eigenvalue weighted by molar-refractivity contribution is 0.0868. The second-order valence-corrected chi connectivity index (χ2v) is 8.32. The molecule has 0 radical (unpaired) electrons. The summed E-state index contributed by atoms with van der Waals surface area (Å²) in [7, 11) is 0. The van der Waals surface area contributed by atoms with Crippen molar-refractivity contribution < 1.29 is 5.11 Å². The van der Waals surface area contributed by atoms with Gasteiger partial charge in [0.05, 0.1) is 22.7 Å². The van der Waals surface area contributed by atoms with Gasteiger partial charge in [-0.2, -0.15) is 5.10 Å². The normalized spacial score (nSPS) is 12.5. The largest absolute Gasteiger partial charge is 0.389 e. The average molecular weight is 353 g/mol. The number of rotatable bonds is 5. The molecule has 0 bridgehead atoms. The second-order valence-electron chi connectivity index (χ2n) is 8.32. The van der Waals surface area contributed by atoms with Crippen molar-refractivity contribution in [2.75, 3.05) is 11.4 Å². The number of aliphatic hydroxyl groups is 1. The summed E-state index contributed by atoms with van der Waals surface area (Å²) < 4.78 is 1.91. The lowest BCUT2D eigenvalue weighted by Gasteiger charge is -2.30. The number of anilines is 1. The Bertz CT molecular complexity index is 875. The molecule has 26 heavy (non-hydrogen) atoms. The quantitative estimate of drug-likeness (QED) is 0.762. The van der Waals surface area contributed by atoms with Crippen molar-refractivity contribution in [2.24, 2.45) is 0 Å². The summed E-state index contributed by atoms with van der Waals surface area (Å²) in [6.07, 6.45) is 3.39. The molecule has 2 heterocycles. The summed E-state index contributed by atoms with van der Waals surface area (Å²) in [5, 5.41) is 15.9. The maximum atomic E-state index is 10.4. The molecule has 0 atom stereocenters. The molecule has 1 N–H and O–H groups in total. The van der Waals surface area contributed by atoms with Crippen LogP contribution in [0.5, 0.6) is 0 Å². The Morgan fingerprint density at radius 3 is 2.35 bits per heavy atom. The predicted octanol–water partition coefficient (Wildman–Crippen LogP) is 3.36. The highest BCUT2D eigenvalue weighted by Gasteiger charge is 2.25. The standard InChI is InChI=1S/C20H27N5O/c1-19(2,3)25-18-16(11-23-25)17(21-14-22-18)24(13-20(4,5)26)12-15-9-7-6-8-10-15/h6-11,14,26H,12-13H2,1-5H3. The van der Waals surface area contributed by atoms with Gasteiger partial charge in [-0.15, -0.1) is 0 Å². The number of hydrogen-bond acceptors (Lipinski definition) is 5. The number of aromatic nitrogens is 4. The Hall–Kier alpha value is -2.47. The molecule has 1 aromatic carbocycles. The number of fused-ring (bicyclic) bond motifs is 1. The van der Waals surface area contributed by atoms with Gasteiger partial charge in [0.15, 0.2) is 5.65 Å². The van der Waals surface area contributed by atoms with Crippen LogP contribution in [-0.2, 0) is 12.1 Å². The summed E-state index contributed by atoms with van der Waals surface area (Å²) in [6, 6.07) is 10.2. The van der Waals surface area contributed by atoms with E-state index in [0.29, 0.717) is 13.1 Å². The van der Waals surface area contributed by atoms with Gasteiger partial charge in [-0.1, -0.05) is 30.3 Å². The SMILES string of the molecule is CC(C)(O)CN(Cc1ccccc1)c1ncnc2c1cnn2C(C)(C)C. The van der Waals surface area contributed by atoms with Gasteiger partial charge in [0, 0.05) is 13.1 Å². The molecule has 6 nitrogen and oxygen atoms in total. The average Bonchev–Trinajstić information content (AvgIpc) is 2.98. The van der Waals surface area contributed by atoms with Crippen LogP contribution in [0.3, 0.4) is 0 Å². The van der Waals surface area contributed by atoms with Gasteiger partial charge in [0.1, 0.15) is 12.1 Å². The monoisotopic (exact) mass is 353 g/mol. The molecular formula is C20H27N5O. The fourth-order valence-corrected chi connectivity index (χ4v) is 3.05. The van der Waals surface area contributed by atoms with Crippen LogP contribution in [-0.4, -0.2) is 37.0 Å². The molecular weight excluding hydrogens is 326 g/mol. The maximum Gasteiger partial charge on any atom is 0.163 e. The Labute approximate surface area is 154 Å². The summed E-state index contributed by atoms with van der Waals surface area (Å²) in [6.45, 7) is 11.0. The van der Waals surface area contributed by atoms with Crippen molar-refractivity contribution in [3.63, 3.8) is 0 Å². The van der Waals surface area contributed by atoms with Gasteiger partial charge in [-0.3, -0.25) is 0 Å². The lowest BCUT2D eigenvalue weighted by atomic mass is 10.1. The molecule has 138 valence electrons. The van der Waals surface area contributed by atoms with E-state index in [1.807, 2.05) is 42.9 Å². The zero-order valence-corrected chi connectivity index (χ0v) is 16.1. The molecule has 0 amide bonds. The molecule has 0 fully saturated rings. The first-order valence-corrected chi connectivity index (χ1v) is 8.86. The van der Waals surface area contributed by atoms with E-state index < -0.39 is 5.60 Å². The summed E-state index contributed by atoms with van der Waals surface area (Å²) in [5.41, 5.74) is 0.933. The maximum absolute atomic E-state index is 10.4. The van der Waals surface area contributed by atoms with Gasteiger partial charge in [-0.25, -0.2) is 14.6 Å². The Morgan fingerprint density at radius 2 is 1.73 bits per heavy atom. The van der Waals surface area contributed by atoms with Crippen molar-refractivity contribution in [3.8, 4) is 0 Å². The molecule has 0 aliphatic carbocycles. The minimum atomic E-state index is -0.855. The van der Waals surface area contributed by atoms with Crippen molar-refractivity contribution in [2.45, 2.75) is 52.3 Å². The van der Waals surface area contributed by atoms with Gasteiger partial charge >= 0.3 is 0 Å². The van der Waals surface area contributed by atoms with E-state index >= 15 is 0 Å². The molecule has 0 aliphatic heterocycles. The van der Waals surface area contributed by atoms with Crippen LogP contribution in [0.4, 0.5) is 5.82 Å². The molecule has 0 saturated heterocycles. The van der Waals surface area contributed by atoms with E-state index in [1.54, 1.807) is 6.33 Å². The van der Waals surface area contributed by atoms with E-state index in [0.717, 1.165) is 22.4 Å². The van der Waals surface area contributed by atoms with Crippen molar-refractivity contribution in [3.05, 3.63) is 48.4 Å². The van der Waals surface area contributed by atoms with E-state index in [4.69, 9.17) is 0 Å². The Balaban J connectivity index is 2.07.